The van der Waals surface area contributed by atoms with Gasteiger partial charge in [0.1, 0.15) is 0 Å². The molecule has 0 aliphatic rings. The molecule has 0 radical (unpaired) electrons. The standard InChI is InChI=1S/C13H15N3O2/c1-9(2)6-12(17)15-16-13(18)11-5-3-4-10(7-11)8-14/h3-5,7,9H,6H2,1-2H3,(H,15,17)(H,16,18). The number of nitriles is 1. The summed E-state index contributed by atoms with van der Waals surface area (Å²) in [5.41, 5.74) is 5.37. The molecule has 0 saturated heterocycles. The summed E-state index contributed by atoms with van der Waals surface area (Å²) in [5, 5.41) is 8.71. The Morgan fingerprint density at radius 3 is 2.67 bits per heavy atom. The molecule has 0 bridgehead atoms. The van der Waals surface area contributed by atoms with Crippen LogP contribution in [0.5, 0.6) is 0 Å². The van der Waals surface area contributed by atoms with Crippen molar-refractivity contribution in [2.45, 2.75) is 20.3 Å². The minimum atomic E-state index is -0.441. The van der Waals surface area contributed by atoms with E-state index in [2.05, 4.69) is 10.9 Å². The van der Waals surface area contributed by atoms with Gasteiger partial charge in [-0.05, 0) is 24.1 Å². The van der Waals surface area contributed by atoms with E-state index in [0.717, 1.165) is 0 Å². The molecule has 0 aromatic heterocycles. The first-order chi connectivity index (χ1) is 8.52. The fourth-order valence-electron chi connectivity index (χ4n) is 1.35. The van der Waals surface area contributed by atoms with Gasteiger partial charge in [0.25, 0.3) is 5.91 Å². The predicted octanol–water partition coefficient (Wildman–Crippen LogP) is 1.37. The maximum absolute atomic E-state index is 11.7. The number of hydrogen-bond donors (Lipinski definition) is 2. The molecule has 1 aromatic carbocycles. The molecule has 0 spiro atoms. The summed E-state index contributed by atoms with van der Waals surface area (Å²) in [7, 11) is 0. The van der Waals surface area contributed by atoms with E-state index in [1.165, 1.54) is 6.07 Å². The summed E-state index contributed by atoms with van der Waals surface area (Å²) in [6.45, 7) is 3.83. The highest BCUT2D eigenvalue weighted by Crippen LogP contribution is 2.03. The topological polar surface area (TPSA) is 82.0 Å². The Balaban J connectivity index is 2.55. The Morgan fingerprint density at radius 2 is 2.06 bits per heavy atom. The van der Waals surface area contributed by atoms with Crippen molar-refractivity contribution in [3.8, 4) is 6.07 Å². The SMILES string of the molecule is CC(C)CC(=O)NNC(=O)c1cccc(C#N)c1. The van der Waals surface area contributed by atoms with Gasteiger partial charge in [-0.1, -0.05) is 19.9 Å². The molecule has 2 N–H and O–H groups in total. The summed E-state index contributed by atoms with van der Waals surface area (Å²) in [6, 6.07) is 8.20. The second-order valence-electron chi connectivity index (χ2n) is 4.29. The van der Waals surface area contributed by atoms with Crippen LogP contribution >= 0.6 is 0 Å². The molecule has 2 amide bonds. The van der Waals surface area contributed by atoms with E-state index in [1.807, 2.05) is 19.9 Å². The van der Waals surface area contributed by atoms with E-state index in [9.17, 15) is 9.59 Å². The maximum Gasteiger partial charge on any atom is 0.269 e. The number of nitrogens with one attached hydrogen (secondary N) is 2. The van der Waals surface area contributed by atoms with Gasteiger partial charge in [-0.3, -0.25) is 20.4 Å². The average molecular weight is 245 g/mol. The number of amides is 2. The molecule has 18 heavy (non-hydrogen) atoms. The largest absolute Gasteiger partial charge is 0.273 e. The lowest BCUT2D eigenvalue weighted by atomic mass is 10.1. The normalized spacial score (nSPS) is 9.67. The van der Waals surface area contributed by atoms with Crippen LogP contribution < -0.4 is 10.9 Å². The van der Waals surface area contributed by atoms with Crippen LogP contribution in [0.15, 0.2) is 24.3 Å². The fourth-order valence-corrected chi connectivity index (χ4v) is 1.35. The molecule has 0 unspecified atom stereocenters. The highest BCUT2D eigenvalue weighted by molar-refractivity contribution is 5.95. The van der Waals surface area contributed by atoms with E-state index < -0.39 is 5.91 Å². The van der Waals surface area contributed by atoms with Gasteiger partial charge >= 0.3 is 0 Å². The zero-order chi connectivity index (χ0) is 13.5. The third-order valence-corrected chi connectivity index (χ3v) is 2.16. The Morgan fingerprint density at radius 1 is 1.33 bits per heavy atom. The Kier molecular flexibility index (Phi) is 4.88. The van der Waals surface area contributed by atoms with Crippen LogP contribution in [0, 0.1) is 17.2 Å². The Hall–Kier alpha value is -2.35. The summed E-state index contributed by atoms with van der Waals surface area (Å²) < 4.78 is 0. The van der Waals surface area contributed by atoms with Crippen molar-refractivity contribution >= 4 is 11.8 Å². The maximum atomic E-state index is 11.7. The van der Waals surface area contributed by atoms with Gasteiger partial charge in [0.05, 0.1) is 11.6 Å². The van der Waals surface area contributed by atoms with Crippen molar-refractivity contribution in [2.75, 3.05) is 0 Å². The first-order valence-corrected chi connectivity index (χ1v) is 5.62. The molecule has 5 heteroatoms. The smallest absolute Gasteiger partial charge is 0.269 e. The van der Waals surface area contributed by atoms with Crippen molar-refractivity contribution in [3.63, 3.8) is 0 Å². The molecular weight excluding hydrogens is 230 g/mol. The molecule has 0 saturated carbocycles. The molecule has 0 fully saturated rings. The predicted molar refractivity (Wildman–Crippen MR) is 66.2 cm³/mol. The fraction of sp³-hybridized carbons (Fsp3) is 0.308. The lowest BCUT2D eigenvalue weighted by Crippen LogP contribution is -2.42. The van der Waals surface area contributed by atoms with Crippen molar-refractivity contribution in [1.82, 2.24) is 10.9 Å². The third-order valence-electron chi connectivity index (χ3n) is 2.16. The molecule has 5 nitrogen and oxygen atoms in total. The average Bonchev–Trinajstić information content (AvgIpc) is 2.35. The molecule has 0 atom stereocenters. The van der Waals surface area contributed by atoms with Gasteiger partial charge in [-0.25, -0.2) is 0 Å². The molecule has 0 aliphatic heterocycles. The van der Waals surface area contributed by atoms with E-state index in [0.29, 0.717) is 17.5 Å². The van der Waals surface area contributed by atoms with Crippen molar-refractivity contribution < 1.29 is 9.59 Å². The van der Waals surface area contributed by atoms with E-state index in [-0.39, 0.29) is 11.8 Å². The lowest BCUT2D eigenvalue weighted by Gasteiger charge is -2.08. The minimum Gasteiger partial charge on any atom is -0.273 e. The Labute approximate surface area is 106 Å². The summed E-state index contributed by atoms with van der Waals surface area (Å²) in [5.74, 6) is -0.456. The number of nitrogens with zero attached hydrogens (tertiary/aromatic N) is 1. The number of hydrogen-bond acceptors (Lipinski definition) is 3. The van der Waals surface area contributed by atoms with Crippen molar-refractivity contribution in [3.05, 3.63) is 35.4 Å². The number of hydrazine groups is 1. The van der Waals surface area contributed by atoms with Crippen LogP contribution in [0.4, 0.5) is 0 Å². The Bertz CT molecular complexity index is 489. The second-order valence-corrected chi connectivity index (χ2v) is 4.29. The van der Waals surface area contributed by atoms with Gasteiger partial charge in [-0.2, -0.15) is 5.26 Å². The summed E-state index contributed by atoms with van der Waals surface area (Å²) >= 11 is 0. The van der Waals surface area contributed by atoms with Gasteiger partial charge in [0.2, 0.25) is 5.91 Å². The highest BCUT2D eigenvalue weighted by Gasteiger charge is 2.08. The number of carbonyl (C=O) groups is 2. The number of rotatable bonds is 3. The molecule has 1 aromatic rings. The quantitative estimate of drug-likeness (QED) is 0.789. The second kappa shape index (κ2) is 6.40. The van der Waals surface area contributed by atoms with Crippen LogP contribution in [0.3, 0.4) is 0 Å². The molecule has 1 rings (SSSR count). The van der Waals surface area contributed by atoms with Crippen LogP contribution in [0.1, 0.15) is 36.2 Å². The zero-order valence-electron chi connectivity index (χ0n) is 10.4. The monoisotopic (exact) mass is 245 g/mol. The van der Waals surface area contributed by atoms with Gasteiger partial charge in [0, 0.05) is 12.0 Å². The molecule has 0 aliphatic carbocycles. The summed E-state index contributed by atoms with van der Waals surface area (Å²) in [4.78, 5) is 23.0. The first-order valence-electron chi connectivity index (χ1n) is 5.62. The number of carbonyl (C=O) groups excluding carboxylic acids is 2. The van der Waals surface area contributed by atoms with Crippen molar-refractivity contribution in [2.24, 2.45) is 5.92 Å². The molecule has 0 heterocycles. The van der Waals surface area contributed by atoms with Crippen LogP contribution in [-0.2, 0) is 4.79 Å². The zero-order valence-corrected chi connectivity index (χ0v) is 10.4. The first kappa shape index (κ1) is 13.7. The lowest BCUT2D eigenvalue weighted by molar-refractivity contribution is -0.122. The molecular formula is C13H15N3O2. The van der Waals surface area contributed by atoms with Crippen LogP contribution in [-0.4, -0.2) is 11.8 Å². The van der Waals surface area contributed by atoms with E-state index >= 15 is 0 Å². The van der Waals surface area contributed by atoms with Crippen LogP contribution in [0.25, 0.3) is 0 Å². The van der Waals surface area contributed by atoms with E-state index in [1.54, 1.807) is 18.2 Å². The minimum absolute atomic E-state index is 0.226. The highest BCUT2D eigenvalue weighted by atomic mass is 16.2. The van der Waals surface area contributed by atoms with Crippen molar-refractivity contribution in [1.29, 1.82) is 5.26 Å². The van der Waals surface area contributed by atoms with Gasteiger partial charge in [-0.15, -0.1) is 0 Å². The summed E-state index contributed by atoms with van der Waals surface area (Å²) in [6.07, 6.45) is 0.346. The van der Waals surface area contributed by atoms with Crippen LogP contribution in [0.2, 0.25) is 0 Å². The third kappa shape index (κ3) is 4.26. The number of benzene rings is 1. The molecule has 94 valence electrons. The van der Waals surface area contributed by atoms with Gasteiger partial charge in [0.15, 0.2) is 0 Å². The van der Waals surface area contributed by atoms with E-state index in [4.69, 9.17) is 5.26 Å². The van der Waals surface area contributed by atoms with Gasteiger partial charge < -0.3 is 0 Å².